The van der Waals surface area contributed by atoms with E-state index in [4.69, 9.17) is 0 Å². The number of hydrogen-bond acceptors (Lipinski definition) is 2. The van der Waals surface area contributed by atoms with Crippen LogP contribution in [-0.2, 0) is 9.59 Å². The average molecular weight is 288 g/mol. The minimum absolute atomic E-state index is 0.0370. The van der Waals surface area contributed by atoms with Gasteiger partial charge < -0.3 is 10.2 Å². The summed E-state index contributed by atoms with van der Waals surface area (Å²) in [4.78, 5) is 26.2. The Labute approximate surface area is 126 Å². The first-order chi connectivity index (χ1) is 9.90. The van der Waals surface area contributed by atoms with Crippen molar-refractivity contribution in [2.45, 2.75) is 45.7 Å². The number of carbonyl (C=O) groups excluding carboxylic acids is 2. The Morgan fingerprint density at radius 2 is 1.90 bits per heavy atom. The summed E-state index contributed by atoms with van der Waals surface area (Å²) >= 11 is 0. The van der Waals surface area contributed by atoms with E-state index in [2.05, 4.69) is 5.32 Å². The molecule has 21 heavy (non-hydrogen) atoms. The normalized spacial score (nSPS) is 22.5. The standard InChI is InChI=1S/C17H24N2O2/c1-11(2)18-17(21)14-9-10-15(20)19(4)16(14)13-7-5-12(3)6-8-13/h5-8,11,14,16H,9-10H2,1-4H3,(H,18,21). The molecule has 2 rings (SSSR count). The molecule has 1 aliphatic heterocycles. The molecule has 0 spiro atoms. The van der Waals surface area contributed by atoms with Gasteiger partial charge in [-0.15, -0.1) is 0 Å². The number of carbonyl (C=O) groups is 2. The van der Waals surface area contributed by atoms with Crippen LogP contribution in [0.15, 0.2) is 24.3 Å². The second-order valence-electron chi connectivity index (χ2n) is 6.17. The predicted molar refractivity (Wildman–Crippen MR) is 82.7 cm³/mol. The summed E-state index contributed by atoms with van der Waals surface area (Å²) in [6, 6.07) is 8.03. The lowest BCUT2D eigenvalue weighted by Gasteiger charge is -2.38. The molecule has 1 aliphatic rings. The molecule has 114 valence electrons. The van der Waals surface area contributed by atoms with Gasteiger partial charge in [-0.25, -0.2) is 0 Å². The molecule has 1 N–H and O–H groups in total. The fourth-order valence-electron chi connectivity index (χ4n) is 2.92. The highest BCUT2D eigenvalue weighted by molar-refractivity contribution is 5.85. The molecular formula is C17H24N2O2. The number of likely N-dealkylation sites (tertiary alicyclic amines) is 1. The highest BCUT2D eigenvalue weighted by atomic mass is 16.2. The average Bonchev–Trinajstić information content (AvgIpc) is 2.42. The molecule has 0 bridgehead atoms. The van der Waals surface area contributed by atoms with Crippen LogP contribution in [0.2, 0.25) is 0 Å². The zero-order chi connectivity index (χ0) is 15.6. The van der Waals surface area contributed by atoms with Crippen molar-refractivity contribution in [3.63, 3.8) is 0 Å². The number of hydrogen-bond donors (Lipinski definition) is 1. The number of piperidine rings is 1. The van der Waals surface area contributed by atoms with Crippen molar-refractivity contribution in [3.8, 4) is 0 Å². The third-order valence-electron chi connectivity index (χ3n) is 4.05. The fraction of sp³-hybridized carbons (Fsp3) is 0.529. The summed E-state index contributed by atoms with van der Waals surface area (Å²) in [7, 11) is 1.79. The van der Waals surface area contributed by atoms with E-state index in [-0.39, 0.29) is 29.8 Å². The van der Waals surface area contributed by atoms with E-state index in [1.807, 2.05) is 45.0 Å². The van der Waals surface area contributed by atoms with Crippen LogP contribution < -0.4 is 5.32 Å². The first-order valence-electron chi connectivity index (χ1n) is 7.52. The largest absolute Gasteiger partial charge is 0.354 e. The summed E-state index contributed by atoms with van der Waals surface area (Å²) in [5.74, 6) is -0.0399. The van der Waals surface area contributed by atoms with Crippen molar-refractivity contribution in [2.24, 2.45) is 5.92 Å². The summed E-state index contributed by atoms with van der Waals surface area (Å²) in [5.41, 5.74) is 2.20. The van der Waals surface area contributed by atoms with E-state index in [0.717, 1.165) is 5.56 Å². The topological polar surface area (TPSA) is 49.4 Å². The van der Waals surface area contributed by atoms with Crippen molar-refractivity contribution >= 4 is 11.8 Å². The van der Waals surface area contributed by atoms with Gasteiger partial charge in [0.05, 0.1) is 12.0 Å². The van der Waals surface area contributed by atoms with E-state index in [1.165, 1.54) is 5.56 Å². The lowest BCUT2D eigenvalue weighted by atomic mass is 9.83. The van der Waals surface area contributed by atoms with E-state index in [1.54, 1.807) is 11.9 Å². The molecule has 0 saturated carbocycles. The Bertz CT molecular complexity index is 522. The van der Waals surface area contributed by atoms with Crippen LogP contribution in [0.4, 0.5) is 0 Å². The monoisotopic (exact) mass is 288 g/mol. The lowest BCUT2D eigenvalue weighted by molar-refractivity contribution is -0.141. The molecular weight excluding hydrogens is 264 g/mol. The Morgan fingerprint density at radius 3 is 2.48 bits per heavy atom. The van der Waals surface area contributed by atoms with Crippen molar-refractivity contribution in [1.29, 1.82) is 0 Å². The molecule has 2 unspecified atom stereocenters. The molecule has 2 atom stereocenters. The fourth-order valence-corrected chi connectivity index (χ4v) is 2.92. The van der Waals surface area contributed by atoms with Crippen LogP contribution in [0.5, 0.6) is 0 Å². The highest BCUT2D eigenvalue weighted by Crippen LogP contribution is 2.36. The zero-order valence-corrected chi connectivity index (χ0v) is 13.2. The number of nitrogens with zero attached hydrogens (tertiary/aromatic N) is 1. The third kappa shape index (κ3) is 3.43. The Hall–Kier alpha value is -1.84. The maximum atomic E-state index is 12.5. The highest BCUT2D eigenvalue weighted by Gasteiger charge is 2.38. The van der Waals surface area contributed by atoms with Crippen LogP contribution in [0.25, 0.3) is 0 Å². The molecule has 1 aromatic carbocycles. The zero-order valence-electron chi connectivity index (χ0n) is 13.2. The molecule has 1 saturated heterocycles. The van der Waals surface area contributed by atoms with Gasteiger partial charge in [-0.3, -0.25) is 9.59 Å². The molecule has 1 heterocycles. The molecule has 1 aromatic rings. The van der Waals surface area contributed by atoms with Crippen molar-refractivity contribution in [2.75, 3.05) is 7.05 Å². The number of amides is 2. The SMILES string of the molecule is Cc1ccc(C2C(C(=O)NC(C)C)CCC(=O)N2C)cc1. The minimum Gasteiger partial charge on any atom is -0.354 e. The number of aryl methyl sites for hydroxylation is 1. The van der Waals surface area contributed by atoms with E-state index in [9.17, 15) is 9.59 Å². The maximum absolute atomic E-state index is 12.5. The number of rotatable bonds is 3. The van der Waals surface area contributed by atoms with Gasteiger partial charge >= 0.3 is 0 Å². The molecule has 1 fully saturated rings. The Kier molecular flexibility index (Phi) is 4.66. The van der Waals surface area contributed by atoms with E-state index >= 15 is 0 Å². The first-order valence-corrected chi connectivity index (χ1v) is 7.52. The molecule has 0 radical (unpaired) electrons. The van der Waals surface area contributed by atoms with Gasteiger partial charge in [-0.2, -0.15) is 0 Å². The Morgan fingerprint density at radius 1 is 1.29 bits per heavy atom. The molecule has 4 nitrogen and oxygen atoms in total. The summed E-state index contributed by atoms with van der Waals surface area (Å²) in [6.07, 6.45) is 1.05. The van der Waals surface area contributed by atoms with Crippen LogP contribution >= 0.6 is 0 Å². The Balaban J connectivity index is 2.31. The van der Waals surface area contributed by atoms with Gasteiger partial charge in [0.25, 0.3) is 0 Å². The number of benzene rings is 1. The second kappa shape index (κ2) is 6.29. The smallest absolute Gasteiger partial charge is 0.225 e. The molecule has 0 aliphatic carbocycles. The van der Waals surface area contributed by atoms with Crippen LogP contribution in [-0.4, -0.2) is 29.8 Å². The molecule has 4 heteroatoms. The second-order valence-corrected chi connectivity index (χ2v) is 6.17. The molecule has 0 aromatic heterocycles. The first kappa shape index (κ1) is 15.5. The van der Waals surface area contributed by atoms with Gasteiger partial charge in [0.1, 0.15) is 0 Å². The van der Waals surface area contributed by atoms with E-state index in [0.29, 0.717) is 12.8 Å². The van der Waals surface area contributed by atoms with Crippen molar-refractivity contribution < 1.29 is 9.59 Å². The van der Waals surface area contributed by atoms with Gasteiger partial charge in [0.15, 0.2) is 0 Å². The van der Waals surface area contributed by atoms with Gasteiger partial charge in [-0.1, -0.05) is 29.8 Å². The number of nitrogens with one attached hydrogen (secondary N) is 1. The van der Waals surface area contributed by atoms with Gasteiger partial charge in [0.2, 0.25) is 11.8 Å². The van der Waals surface area contributed by atoms with Crippen LogP contribution in [0, 0.1) is 12.8 Å². The van der Waals surface area contributed by atoms with E-state index < -0.39 is 0 Å². The predicted octanol–water partition coefficient (Wildman–Crippen LogP) is 2.43. The summed E-state index contributed by atoms with van der Waals surface area (Å²) < 4.78 is 0. The van der Waals surface area contributed by atoms with Crippen molar-refractivity contribution in [1.82, 2.24) is 10.2 Å². The van der Waals surface area contributed by atoms with Crippen LogP contribution in [0.3, 0.4) is 0 Å². The molecule has 2 amide bonds. The minimum atomic E-state index is -0.183. The van der Waals surface area contributed by atoms with Gasteiger partial charge in [0, 0.05) is 19.5 Å². The third-order valence-corrected chi connectivity index (χ3v) is 4.05. The van der Waals surface area contributed by atoms with Crippen LogP contribution in [0.1, 0.15) is 43.9 Å². The maximum Gasteiger partial charge on any atom is 0.225 e. The summed E-state index contributed by atoms with van der Waals surface area (Å²) in [6.45, 7) is 5.94. The summed E-state index contributed by atoms with van der Waals surface area (Å²) in [5, 5.41) is 2.98. The lowest BCUT2D eigenvalue weighted by Crippen LogP contribution is -2.47. The van der Waals surface area contributed by atoms with Crippen molar-refractivity contribution in [3.05, 3.63) is 35.4 Å². The van der Waals surface area contributed by atoms with Gasteiger partial charge in [-0.05, 0) is 32.8 Å². The quantitative estimate of drug-likeness (QED) is 0.928.